The van der Waals surface area contributed by atoms with Crippen molar-refractivity contribution in [3.63, 3.8) is 0 Å². The molecule has 0 atom stereocenters. The lowest BCUT2D eigenvalue weighted by atomic mass is 10.0. The first-order valence-electron chi connectivity index (χ1n) is 8.67. The zero-order valence-electron chi connectivity index (χ0n) is 14.5. The molecule has 0 radical (unpaired) electrons. The monoisotopic (exact) mass is 351 g/mol. The van der Waals surface area contributed by atoms with Crippen LogP contribution in [0.3, 0.4) is 0 Å². The minimum absolute atomic E-state index is 0.0782. The Hall–Kier alpha value is -3.72. The Kier molecular flexibility index (Phi) is 4.50. The van der Waals surface area contributed by atoms with Crippen LogP contribution in [0.25, 0.3) is 10.8 Å². The lowest BCUT2D eigenvalue weighted by Crippen LogP contribution is -2.01. The second kappa shape index (κ2) is 7.26. The molecule has 3 heteroatoms. The van der Waals surface area contributed by atoms with Gasteiger partial charge in [0.05, 0.1) is 5.69 Å². The van der Waals surface area contributed by atoms with Crippen LogP contribution in [0, 0.1) is 0 Å². The highest BCUT2D eigenvalue weighted by molar-refractivity contribution is 6.12. The first-order valence-corrected chi connectivity index (χ1v) is 8.67. The van der Waals surface area contributed by atoms with Gasteiger partial charge in [0.15, 0.2) is 5.78 Å². The number of hydrogen-bond acceptors (Lipinski definition) is 3. The molecular formula is C24H17NO2. The Labute approximate surface area is 157 Å². The average molecular weight is 351 g/mol. The fraction of sp³-hybridized carbons (Fsp3) is 0. The summed E-state index contributed by atoms with van der Waals surface area (Å²) in [6.45, 7) is 0. The van der Waals surface area contributed by atoms with Gasteiger partial charge in [-0.2, -0.15) is 0 Å². The molecule has 0 heterocycles. The van der Waals surface area contributed by atoms with Gasteiger partial charge in [-0.25, -0.2) is 0 Å². The number of rotatable bonds is 4. The fourth-order valence-corrected chi connectivity index (χ4v) is 3.08. The van der Waals surface area contributed by atoms with Crippen molar-refractivity contribution < 1.29 is 9.90 Å². The molecule has 0 aliphatic carbocycles. The maximum absolute atomic E-state index is 12.8. The minimum Gasteiger partial charge on any atom is -0.507 e. The normalized spacial score (nSPS) is 11.1. The van der Waals surface area contributed by atoms with E-state index in [1.54, 1.807) is 36.5 Å². The van der Waals surface area contributed by atoms with E-state index in [4.69, 9.17) is 0 Å². The summed E-state index contributed by atoms with van der Waals surface area (Å²) in [7, 11) is 0. The number of aliphatic imine (C=N–C) groups is 1. The van der Waals surface area contributed by atoms with E-state index in [0.29, 0.717) is 22.4 Å². The quantitative estimate of drug-likeness (QED) is 0.388. The molecule has 0 saturated carbocycles. The van der Waals surface area contributed by atoms with Gasteiger partial charge < -0.3 is 5.11 Å². The van der Waals surface area contributed by atoms with Gasteiger partial charge >= 0.3 is 0 Å². The fourth-order valence-electron chi connectivity index (χ4n) is 3.08. The lowest BCUT2D eigenvalue weighted by molar-refractivity contribution is 0.103. The summed E-state index contributed by atoms with van der Waals surface area (Å²) in [4.78, 5) is 17.4. The first kappa shape index (κ1) is 16.7. The summed E-state index contributed by atoms with van der Waals surface area (Å²) in [5, 5.41) is 12.2. The lowest BCUT2D eigenvalue weighted by Gasteiger charge is -2.07. The third kappa shape index (κ3) is 3.35. The largest absolute Gasteiger partial charge is 0.507 e. The summed E-state index contributed by atoms with van der Waals surface area (Å²) < 4.78 is 0. The van der Waals surface area contributed by atoms with Crippen molar-refractivity contribution in [2.24, 2.45) is 4.99 Å². The van der Waals surface area contributed by atoms with E-state index in [-0.39, 0.29) is 11.5 Å². The van der Waals surface area contributed by atoms with E-state index in [9.17, 15) is 9.90 Å². The molecule has 27 heavy (non-hydrogen) atoms. The number of fused-ring (bicyclic) bond motifs is 1. The van der Waals surface area contributed by atoms with Gasteiger partial charge in [-0.15, -0.1) is 0 Å². The second-order valence-corrected chi connectivity index (χ2v) is 6.19. The van der Waals surface area contributed by atoms with Gasteiger partial charge in [0.1, 0.15) is 5.75 Å². The topological polar surface area (TPSA) is 49.7 Å². The van der Waals surface area contributed by atoms with Crippen molar-refractivity contribution in [2.45, 2.75) is 0 Å². The molecule has 0 aliphatic rings. The predicted molar refractivity (Wildman–Crippen MR) is 109 cm³/mol. The standard InChI is InChI=1S/C24H17NO2/c26-23-15-14-17-8-4-5-11-19(17)21(23)16-25-22-13-7-6-12-20(22)24(27)18-9-2-1-3-10-18/h1-16,26H. The van der Waals surface area contributed by atoms with Crippen LogP contribution in [0.15, 0.2) is 96.0 Å². The molecule has 0 spiro atoms. The predicted octanol–water partition coefficient (Wildman–Crippen LogP) is 5.53. The number of para-hydroxylation sites is 1. The maximum Gasteiger partial charge on any atom is 0.195 e. The van der Waals surface area contributed by atoms with Gasteiger partial charge in [0.25, 0.3) is 0 Å². The number of benzene rings is 4. The van der Waals surface area contributed by atoms with Crippen molar-refractivity contribution in [1.29, 1.82) is 0 Å². The van der Waals surface area contributed by atoms with Crippen LogP contribution >= 0.6 is 0 Å². The number of phenols is 1. The van der Waals surface area contributed by atoms with Crippen LogP contribution in [-0.4, -0.2) is 17.1 Å². The van der Waals surface area contributed by atoms with Gasteiger partial charge in [0, 0.05) is 22.9 Å². The molecule has 4 aromatic carbocycles. The number of aromatic hydroxyl groups is 1. The third-order valence-corrected chi connectivity index (χ3v) is 4.47. The van der Waals surface area contributed by atoms with Crippen LogP contribution in [0.4, 0.5) is 5.69 Å². The van der Waals surface area contributed by atoms with Crippen LogP contribution in [0.2, 0.25) is 0 Å². The van der Waals surface area contributed by atoms with E-state index in [1.807, 2.05) is 60.7 Å². The van der Waals surface area contributed by atoms with Crippen LogP contribution < -0.4 is 0 Å². The van der Waals surface area contributed by atoms with E-state index in [1.165, 1.54) is 0 Å². The number of ketones is 1. The molecule has 0 aromatic heterocycles. The Morgan fingerprint density at radius 3 is 2.33 bits per heavy atom. The van der Waals surface area contributed by atoms with E-state index in [0.717, 1.165) is 10.8 Å². The summed E-state index contributed by atoms with van der Waals surface area (Å²) in [5.74, 6) is 0.0785. The van der Waals surface area contributed by atoms with Crippen LogP contribution in [-0.2, 0) is 0 Å². The van der Waals surface area contributed by atoms with Gasteiger partial charge in [-0.05, 0) is 29.0 Å². The zero-order valence-corrected chi connectivity index (χ0v) is 14.5. The summed E-state index contributed by atoms with van der Waals surface area (Å²) >= 11 is 0. The molecule has 3 nitrogen and oxygen atoms in total. The number of phenolic OH excluding ortho intramolecular Hbond substituents is 1. The van der Waals surface area contributed by atoms with Crippen LogP contribution in [0.1, 0.15) is 21.5 Å². The SMILES string of the molecule is O=C(c1ccccc1)c1ccccc1N=Cc1c(O)ccc2ccccc12. The molecule has 4 rings (SSSR count). The van der Waals surface area contributed by atoms with Gasteiger partial charge in [-0.3, -0.25) is 9.79 Å². The van der Waals surface area contributed by atoms with Crippen molar-refractivity contribution >= 4 is 28.5 Å². The van der Waals surface area contributed by atoms with Crippen molar-refractivity contribution in [2.75, 3.05) is 0 Å². The highest BCUT2D eigenvalue weighted by atomic mass is 16.3. The Morgan fingerprint density at radius 2 is 1.48 bits per heavy atom. The Morgan fingerprint density at radius 1 is 0.778 bits per heavy atom. The molecule has 4 aromatic rings. The van der Waals surface area contributed by atoms with Gasteiger partial charge in [0.2, 0.25) is 0 Å². The average Bonchev–Trinajstić information content (AvgIpc) is 2.73. The first-order chi connectivity index (χ1) is 13.2. The van der Waals surface area contributed by atoms with Crippen molar-refractivity contribution in [3.05, 3.63) is 108 Å². The number of nitrogens with zero attached hydrogens (tertiary/aromatic N) is 1. The summed E-state index contributed by atoms with van der Waals surface area (Å²) in [5.41, 5.74) is 2.35. The smallest absolute Gasteiger partial charge is 0.195 e. The summed E-state index contributed by atoms with van der Waals surface area (Å²) in [6, 6.07) is 27.7. The molecule has 0 bridgehead atoms. The van der Waals surface area contributed by atoms with E-state index in [2.05, 4.69) is 4.99 Å². The van der Waals surface area contributed by atoms with Crippen molar-refractivity contribution in [3.8, 4) is 5.75 Å². The molecule has 130 valence electrons. The van der Waals surface area contributed by atoms with Crippen LogP contribution in [0.5, 0.6) is 5.75 Å². The van der Waals surface area contributed by atoms with E-state index < -0.39 is 0 Å². The summed E-state index contributed by atoms with van der Waals surface area (Å²) in [6.07, 6.45) is 1.62. The highest BCUT2D eigenvalue weighted by Gasteiger charge is 2.12. The molecule has 0 fully saturated rings. The second-order valence-electron chi connectivity index (χ2n) is 6.19. The molecule has 1 N–H and O–H groups in total. The Balaban J connectivity index is 1.77. The number of hydrogen-bond donors (Lipinski definition) is 1. The number of carbonyl (C=O) groups excluding carboxylic acids is 1. The molecule has 0 amide bonds. The van der Waals surface area contributed by atoms with Gasteiger partial charge in [-0.1, -0.05) is 72.8 Å². The number of carbonyl (C=O) groups is 1. The molecular weight excluding hydrogens is 334 g/mol. The molecule has 0 aliphatic heterocycles. The zero-order chi connectivity index (χ0) is 18.6. The highest BCUT2D eigenvalue weighted by Crippen LogP contribution is 2.27. The van der Waals surface area contributed by atoms with E-state index >= 15 is 0 Å². The molecule has 0 saturated heterocycles. The van der Waals surface area contributed by atoms with Crippen molar-refractivity contribution in [1.82, 2.24) is 0 Å². The maximum atomic E-state index is 12.8. The molecule has 0 unspecified atom stereocenters. The third-order valence-electron chi connectivity index (χ3n) is 4.47. The Bertz CT molecular complexity index is 1150. The minimum atomic E-state index is -0.0782.